The molecule has 0 N–H and O–H groups in total. The average Bonchev–Trinajstić information content (AvgIpc) is 2.68. The number of thioether (sulfide) groups is 2. The van der Waals surface area contributed by atoms with Gasteiger partial charge in [-0.25, -0.2) is 0 Å². The van der Waals surface area contributed by atoms with Gasteiger partial charge in [-0.15, -0.1) is 23.5 Å². The second-order valence-corrected chi connectivity index (χ2v) is 8.08. The first-order chi connectivity index (χ1) is 12.6. The van der Waals surface area contributed by atoms with Gasteiger partial charge >= 0.3 is 0 Å². The zero-order valence-corrected chi connectivity index (χ0v) is 16.9. The molecule has 0 fully saturated rings. The van der Waals surface area contributed by atoms with E-state index >= 15 is 0 Å². The fourth-order valence-corrected chi connectivity index (χ4v) is 4.63. The molecule has 0 aliphatic rings. The van der Waals surface area contributed by atoms with Crippen molar-refractivity contribution < 1.29 is 0 Å². The van der Waals surface area contributed by atoms with Crippen LogP contribution in [0.3, 0.4) is 0 Å². The summed E-state index contributed by atoms with van der Waals surface area (Å²) in [6.07, 6.45) is 2.03. The lowest BCUT2D eigenvalue weighted by molar-refractivity contribution is 1.22. The number of hydrogen-bond acceptors (Lipinski definition) is 3. The van der Waals surface area contributed by atoms with Crippen LogP contribution in [0.15, 0.2) is 70.5 Å². The molecule has 0 heterocycles. The summed E-state index contributed by atoms with van der Waals surface area (Å²) in [5.41, 5.74) is 6.85. The lowest BCUT2D eigenvalue weighted by Gasteiger charge is -2.17. The summed E-state index contributed by atoms with van der Waals surface area (Å²) in [6, 6.07) is 23.7. The molecule has 0 amide bonds. The molecule has 0 atom stereocenters. The Bertz CT molecular complexity index is 939. The summed E-state index contributed by atoms with van der Waals surface area (Å²) in [5.74, 6) is 0.850. The largest absolute Gasteiger partial charge is 0.192 e. The molecule has 0 aromatic heterocycles. The molecule has 3 rings (SSSR count). The molecule has 0 aliphatic heterocycles. The first kappa shape index (κ1) is 18.6. The molecule has 3 heteroatoms. The summed E-state index contributed by atoms with van der Waals surface area (Å²) in [5, 5.41) is 9.66. The van der Waals surface area contributed by atoms with E-state index in [0.717, 1.165) is 21.8 Å². The van der Waals surface area contributed by atoms with Crippen LogP contribution in [0.4, 0.5) is 0 Å². The van der Waals surface area contributed by atoms with Crippen LogP contribution in [0.5, 0.6) is 0 Å². The summed E-state index contributed by atoms with van der Waals surface area (Å²) in [6.45, 7) is 4.18. The Morgan fingerprint density at radius 3 is 2.27 bits per heavy atom. The summed E-state index contributed by atoms with van der Waals surface area (Å²) >= 11 is 3.46. The van der Waals surface area contributed by atoms with E-state index in [4.69, 9.17) is 0 Å². The van der Waals surface area contributed by atoms with Gasteiger partial charge in [-0.3, -0.25) is 0 Å². The van der Waals surface area contributed by atoms with Crippen LogP contribution in [0.1, 0.15) is 22.3 Å². The average molecular weight is 376 g/mol. The molecule has 0 aliphatic carbocycles. The van der Waals surface area contributed by atoms with E-state index in [1.807, 2.05) is 24.1 Å². The topological polar surface area (TPSA) is 23.8 Å². The lowest BCUT2D eigenvalue weighted by atomic mass is 9.94. The SMILES string of the molecule is CSc1cc(-c2ccccc2)c(CSc2ccc(C)cc2)c(C)c1C#N. The van der Waals surface area contributed by atoms with Crippen LogP contribution in [-0.4, -0.2) is 6.26 Å². The van der Waals surface area contributed by atoms with Gasteiger partial charge in [0, 0.05) is 15.5 Å². The Labute approximate surface area is 164 Å². The van der Waals surface area contributed by atoms with Crippen LogP contribution in [0.25, 0.3) is 11.1 Å². The van der Waals surface area contributed by atoms with Crippen molar-refractivity contribution in [3.63, 3.8) is 0 Å². The molecule has 0 radical (unpaired) electrons. The van der Waals surface area contributed by atoms with Crippen molar-refractivity contribution in [2.24, 2.45) is 0 Å². The quantitative estimate of drug-likeness (QED) is 0.455. The van der Waals surface area contributed by atoms with Crippen molar-refractivity contribution in [2.75, 3.05) is 6.26 Å². The van der Waals surface area contributed by atoms with E-state index < -0.39 is 0 Å². The van der Waals surface area contributed by atoms with Crippen LogP contribution < -0.4 is 0 Å². The molecule has 0 unspecified atom stereocenters. The van der Waals surface area contributed by atoms with E-state index in [1.54, 1.807) is 11.8 Å². The number of rotatable bonds is 5. The summed E-state index contributed by atoms with van der Waals surface area (Å²) in [7, 11) is 0. The zero-order valence-electron chi connectivity index (χ0n) is 15.2. The van der Waals surface area contributed by atoms with Gasteiger partial charge in [-0.05, 0) is 60.6 Å². The maximum Gasteiger partial charge on any atom is 0.101 e. The van der Waals surface area contributed by atoms with Crippen LogP contribution >= 0.6 is 23.5 Å². The fraction of sp³-hybridized carbons (Fsp3) is 0.174. The van der Waals surface area contributed by atoms with Gasteiger partial charge in [0.05, 0.1) is 5.56 Å². The second kappa shape index (κ2) is 8.49. The van der Waals surface area contributed by atoms with Crippen molar-refractivity contribution in [3.8, 4) is 17.2 Å². The lowest BCUT2D eigenvalue weighted by Crippen LogP contribution is -1.98. The molecular weight excluding hydrogens is 354 g/mol. The predicted octanol–water partition coefficient (Wildman–Crippen LogP) is 6.86. The first-order valence-corrected chi connectivity index (χ1v) is 10.7. The highest BCUT2D eigenvalue weighted by Gasteiger charge is 2.16. The van der Waals surface area contributed by atoms with Crippen molar-refractivity contribution in [1.29, 1.82) is 5.26 Å². The molecule has 0 saturated carbocycles. The minimum absolute atomic E-state index is 0.802. The fourth-order valence-electron chi connectivity index (χ4n) is 2.98. The summed E-state index contributed by atoms with van der Waals surface area (Å²) < 4.78 is 0. The van der Waals surface area contributed by atoms with Gasteiger partial charge in [-0.2, -0.15) is 5.26 Å². The molecular formula is C23H21NS2. The number of nitrogens with zero attached hydrogens (tertiary/aromatic N) is 1. The predicted molar refractivity (Wildman–Crippen MR) is 114 cm³/mol. The van der Waals surface area contributed by atoms with Gasteiger partial charge < -0.3 is 0 Å². The maximum absolute atomic E-state index is 9.66. The minimum Gasteiger partial charge on any atom is -0.192 e. The highest BCUT2D eigenvalue weighted by atomic mass is 32.2. The highest BCUT2D eigenvalue weighted by Crippen LogP contribution is 2.37. The van der Waals surface area contributed by atoms with Gasteiger partial charge in [0.15, 0.2) is 0 Å². The Hall–Kier alpha value is -2.15. The standard InChI is InChI=1S/C23H21NS2/c1-16-9-11-19(12-10-16)26-15-22-17(2)21(14-24)23(25-3)13-20(22)18-7-5-4-6-8-18/h4-13H,15H2,1-3H3. The number of hydrogen-bond donors (Lipinski definition) is 0. The van der Waals surface area contributed by atoms with Gasteiger partial charge in [-0.1, -0.05) is 48.0 Å². The van der Waals surface area contributed by atoms with Crippen molar-refractivity contribution in [3.05, 3.63) is 82.9 Å². The van der Waals surface area contributed by atoms with Crippen molar-refractivity contribution in [1.82, 2.24) is 0 Å². The molecule has 130 valence electrons. The minimum atomic E-state index is 0.802. The van der Waals surface area contributed by atoms with Crippen LogP contribution in [0, 0.1) is 25.2 Å². The van der Waals surface area contributed by atoms with Crippen molar-refractivity contribution in [2.45, 2.75) is 29.4 Å². The number of nitriles is 1. The second-order valence-electron chi connectivity index (χ2n) is 6.18. The Morgan fingerprint density at radius 1 is 0.962 bits per heavy atom. The van der Waals surface area contributed by atoms with Crippen LogP contribution in [0.2, 0.25) is 0 Å². The van der Waals surface area contributed by atoms with Crippen molar-refractivity contribution >= 4 is 23.5 Å². The van der Waals surface area contributed by atoms with Gasteiger partial charge in [0.1, 0.15) is 6.07 Å². The monoisotopic (exact) mass is 375 g/mol. The van der Waals surface area contributed by atoms with Gasteiger partial charge in [0.25, 0.3) is 0 Å². The molecule has 0 bridgehead atoms. The first-order valence-electron chi connectivity index (χ1n) is 8.49. The van der Waals surface area contributed by atoms with E-state index in [9.17, 15) is 5.26 Å². The smallest absolute Gasteiger partial charge is 0.101 e. The van der Waals surface area contributed by atoms with E-state index in [2.05, 4.69) is 74.5 Å². The molecule has 0 spiro atoms. The third-order valence-corrected chi connectivity index (χ3v) is 6.30. The normalized spacial score (nSPS) is 10.5. The molecule has 3 aromatic carbocycles. The third kappa shape index (κ3) is 3.98. The highest BCUT2D eigenvalue weighted by molar-refractivity contribution is 7.98. The Morgan fingerprint density at radius 2 is 1.65 bits per heavy atom. The molecule has 1 nitrogen and oxygen atoms in total. The molecule has 0 saturated heterocycles. The third-order valence-electron chi connectivity index (χ3n) is 4.50. The van der Waals surface area contributed by atoms with Crippen LogP contribution in [-0.2, 0) is 5.75 Å². The number of aryl methyl sites for hydroxylation is 1. The molecule has 26 heavy (non-hydrogen) atoms. The van der Waals surface area contributed by atoms with E-state index in [-0.39, 0.29) is 0 Å². The Balaban J connectivity index is 2.06. The Kier molecular flexibility index (Phi) is 6.08. The summed E-state index contributed by atoms with van der Waals surface area (Å²) in [4.78, 5) is 2.30. The van der Waals surface area contributed by atoms with E-state index in [1.165, 1.54) is 27.1 Å². The van der Waals surface area contributed by atoms with E-state index in [0.29, 0.717) is 0 Å². The number of benzene rings is 3. The molecule has 3 aromatic rings. The maximum atomic E-state index is 9.66. The van der Waals surface area contributed by atoms with Gasteiger partial charge in [0.2, 0.25) is 0 Å². The zero-order chi connectivity index (χ0) is 18.5.